The van der Waals surface area contributed by atoms with Crippen molar-refractivity contribution in [2.75, 3.05) is 6.54 Å². The maximum atomic E-state index is 3.77. The van der Waals surface area contributed by atoms with E-state index >= 15 is 0 Å². The molecule has 0 radical (unpaired) electrons. The molecule has 0 aromatic heterocycles. The molecule has 1 N–H and O–H groups in total. The Morgan fingerprint density at radius 1 is 1.19 bits per heavy atom. The van der Waals surface area contributed by atoms with E-state index in [0.29, 0.717) is 0 Å². The maximum absolute atomic E-state index is 3.77. The highest BCUT2D eigenvalue weighted by atomic mass is 14.9. The third kappa shape index (κ3) is 5.16. The molecule has 0 aromatic rings. The van der Waals surface area contributed by atoms with Crippen LogP contribution in [-0.2, 0) is 0 Å². The Labute approximate surface area is 102 Å². The van der Waals surface area contributed by atoms with Crippen molar-refractivity contribution in [3.8, 4) is 0 Å². The van der Waals surface area contributed by atoms with E-state index in [1.54, 1.807) is 0 Å². The van der Waals surface area contributed by atoms with Crippen molar-refractivity contribution < 1.29 is 0 Å². The average molecular weight is 223 g/mol. The Morgan fingerprint density at radius 3 is 2.75 bits per heavy atom. The molecule has 0 aliphatic heterocycles. The van der Waals surface area contributed by atoms with Crippen molar-refractivity contribution in [2.24, 2.45) is 5.92 Å². The molecule has 16 heavy (non-hydrogen) atoms. The molecule has 94 valence electrons. The quantitative estimate of drug-likeness (QED) is 0.478. The van der Waals surface area contributed by atoms with E-state index in [-0.39, 0.29) is 0 Å². The highest BCUT2D eigenvalue weighted by molar-refractivity contribution is 4.80. The van der Waals surface area contributed by atoms with E-state index < -0.39 is 0 Å². The van der Waals surface area contributed by atoms with E-state index in [9.17, 15) is 0 Å². The minimum atomic E-state index is 0.818. The van der Waals surface area contributed by atoms with Gasteiger partial charge in [-0.15, -0.1) is 6.58 Å². The number of rotatable bonds is 8. The van der Waals surface area contributed by atoms with Gasteiger partial charge in [0, 0.05) is 6.04 Å². The molecule has 1 fully saturated rings. The molecule has 0 spiro atoms. The molecule has 1 nitrogen and oxygen atoms in total. The van der Waals surface area contributed by atoms with Crippen molar-refractivity contribution in [1.82, 2.24) is 5.32 Å². The summed E-state index contributed by atoms with van der Waals surface area (Å²) >= 11 is 0. The molecular formula is C15H29N. The van der Waals surface area contributed by atoms with Crippen molar-refractivity contribution in [3.63, 3.8) is 0 Å². The van der Waals surface area contributed by atoms with E-state index in [1.807, 2.05) is 6.08 Å². The summed E-state index contributed by atoms with van der Waals surface area (Å²) < 4.78 is 0. The molecule has 0 amide bonds. The third-order valence-electron chi connectivity index (χ3n) is 3.86. The van der Waals surface area contributed by atoms with Gasteiger partial charge in [0.05, 0.1) is 0 Å². The summed E-state index contributed by atoms with van der Waals surface area (Å²) in [7, 11) is 0. The van der Waals surface area contributed by atoms with Crippen LogP contribution in [0.15, 0.2) is 12.7 Å². The zero-order chi connectivity index (χ0) is 11.6. The van der Waals surface area contributed by atoms with Crippen LogP contribution in [0, 0.1) is 5.92 Å². The van der Waals surface area contributed by atoms with Gasteiger partial charge in [-0.3, -0.25) is 0 Å². The van der Waals surface area contributed by atoms with Crippen LogP contribution < -0.4 is 5.32 Å². The third-order valence-corrected chi connectivity index (χ3v) is 3.86. The molecule has 0 saturated heterocycles. The number of hydrogen-bond acceptors (Lipinski definition) is 1. The fourth-order valence-corrected chi connectivity index (χ4v) is 2.96. The number of unbranched alkanes of at least 4 members (excludes halogenated alkanes) is 3. The first-order chi connectivity index (χ1) is 7.88. The lowest BCUT2D eigenvalue weighted by Gasteiger charge is -2.32. The van der Waals surface area contributed by atoms with Crippen LogP contribution in [-0.4, -0.2) is 12.6 Å². The Hall–Kier alpha value is -0.300. The SMILES string of the molecule is C=CCCCCCC1CCCCC1NCC. The van der Waals surface area contributed by atoms with Gasteiger partial charge in [0.25, 0.3) is 0 Å². The predicted molar refractivity (Wildman–Crippen MR) is 72.7 cm³/mol. The fraction of sp³-hybridized carbons (Fsp3) is 0.867. The van der Waals surface area contributed by atoms with Gasteiger partial charge >= 0.3 is 0 Å². The van der Waals surface area contributed by atoms with E-state index in [1.165, 1.54) is 57.8 Å². The normalized spacial score (nSPS) is 25.6. The molecule has 0 heterocycles. The first-order valence-electron chi connectivity index (χ1n) is 7.22. The number of nitrogens with one attached hydrogen (secondary N) is 1. The molecular weight excluding hydrogens is 194 g/mol. The first-order valence-corrected chi connectivity index (χ1v) is 7.22. The molecule has 0 aromatic carbocycles. The molecule has 2 unspecified atom stereocenters. The van der Waals surface area contributed by atoms with Crippen molar-refractivity contribution in [3.05, 3.63) is 12.7 Å². The monoisotopic (exact) mass is 223 g/mol. The molecule has 1 rings (SSSR count). The van der Waals surface area contributed by atoms with Crippen LogP contribution in [0.4, 0.5) is 0 Å². The van der Waals surface area contributed by atoms with Gasteiger partial charge in [0.15, 0.2) is 0 Å². The second kappa shape index (κ2) is 8.81. The largest absolute Gasteiger partial charge is 0.314 e. The summed E-state index contributed by atoms with van der Waals surface area (Å²) in [5.74, 6) is 0.956. The minimum absolute atomic E-state index is 0.818. The van der Waals surface area contributed by atoms with Crippen LogP contribution in [0.3, 0.4) is 0 Å². The predicted octanol–water partition coefficient (Wildman–Crippen LogP) is 4.29. The standard InChI is InChI=1S/C15H29N/c1-3-5-6-7-8-11-14-12-9-10-13-15(14)16-4-2/h3,14-16H,1,4-13H2,2H3. The molecule has 1 aliphatic rings. The zero-order valence-corrected chi connectivity index (χ0v) is 11.0. The Kier molecular flexibility index (Phi) is 7.58. The van der Waals surface area contributed by atoms with E-state index in [2.05, 4.69) is 18.8 Å². The van der Waals surface area contributed by atoms with Crippen molar-refractivity contribution in [1.29, 1.82) is 0 Å². The zero-order valence-electron chi connectivity index (χ0n) is 11.0. The van der Waals surface area contributed by atoms with Gasteiger partial charge in [0.2, 0.25) is 0 Å². The molecule has 1 heteroatoms. The van der Waals surface area contributed by atoms with Crippen LogP contribution >= 0.6 is 0 Å². The van der Waals surface area contributed by atoms with Crippen LogP contribution in [0.2, 0.25) is 0 Å². The lowest BCUT2D eigenvalue weighted by Crippen LogP contribution is -2.38. The van der Waals surface area contributed by atoms with E-state index in [0.717, 1.165) is 18.5 Å². The van der Waals surface area contributed by atoms with Gasteiger partial charge in [-0.05, 0) is 44.6 Å². The van der Waals surface area contributed by atoms with Gasteiger partial charge in [-0.25, -0.2) is 0 Å². The smallest absolute Gasteiger partial charge is 0.00952 e. The summed E-state index contributed by atoms with van der Waals surface area (Å²) in [6.07, 6.45) is 14.6. The lowest BCUT2D eigenvalue weighted by atomic mass is 9.81. The topological polar surface area (TPSA) is 12.0 Å². The molecule has 0 bridgehead atoms. The van der Waals surface area contributed by atoms with Crippen LogP contribution in [0.25, 0.3) is 0 Å². The van der Waals surface area contributed by atoms with Crippen LogP contribution in [0.1, 0.15) is 64.7 Å². The van der Waals surface area contributed by atoms with Crippen molar-refractivity contribution in [2.45, 2.75) is 70.8 Å². The first kappa shape index (κ1) is 13.8. The highest BCUT2D eigenvalue weighted by Crippen LogP contribution is 2.28. The van der Waals surface area contributed by atoms with Crippen molar-refractivity contribution >= 4 is 0 Å². The summed E-state index contributed by atoms with van der Waals surface area (Å²) in [4.78, 5) is 0. The summed E-state index contributed by atoms with van der Waals surface area (Å²) in [6, 6.07) is 0.818. The highest BCUT2D eigenvalue weighted by Gasteiger charge is 2.23. The molecule has 2 atom stereocenters. The molecule has 1 saturated carbocycles. The average Bonchev–Trinajstić information content (AvgIpc) is 2.31. The number of hydrogen-bond donors (Lipinski definition) is 1. The lowest BCUT2D eigenvalue weighted by molar-refractivity contribution is 0.246. The second-order valence-corrected chi connectivity index (χ2v) is 5.14. The van der Waals surface area contributed by atoms with E-state index in [4.69, 9.17) is 0 Å². The van der Waals surface area contributed by atoms with Gasteiger partial charge in [-0.1, -0.05) is 38.7 Å². The molecule has 1 aliphatic carbocycles. The van der Waals surface area contributed by atoms with Gasteiger partial charge < -0.3 is 5.32 Å². The summed E-state index contributed by atoms with van der Waals surface area (Å²) in [6.45, 7) is 7.14. The van der Waals surface area contributed by atoms with Gasteiger partial charge in [-0.2, -0.15) is 0 Å². The minimum Gasteiger partial charge on any atom is -0.314 e. The van der Waals surface area contributed by atoms with Gasteiger partial charge in [0.1, 0.15) is 0 Å². The number of allylic oxidation sites excluding steroid dienone is 1. The fourth-order valence-electron chi connectivity index (χ4n) is 2.96. The summed E-state index contributed by atoms with van der Waals surface area (Å²) in [5.41, 5.74) is 0. The Balaban J connectivity index is 2.13. The summed E-state index contributed by atoms with van der Waals surface area (Å²) in [5, 5.41) is 3.67. The Bertz CT molecular complexity index is 174. The van der Waals surface area contributed by atoms with Crippen LogP contribution in [0.5, 0.6) is 0 Å². The Morgan fingerprint density at radius 2 is 2.00 bits per heavy atom. The maximum Gasteiger partial charge on any atom is 0.00952 e. The second-order valence-electron chi connectivity index (χ2n) is 5.14.